The van der Waals surface area contributed by atoms with Gasteiger partial charge in [0.25, 0.3) is 0 Å². The van der Waals surface area contributed by atoms with Crippen LogP contribution in [0.4, 0.5) is 0 Å². The normalized spacial score (nSPS) is 0. The van der Waals surface area contributed by atoms with Gasteiger partial charge in [0.1, 0.15) is 0 Å². The zero-order valence-electron chi connectivity index (χ0n) is 1.91. The molecule has 0 spiro atoms. The Bertz CT molecular complexity index is 4.00. The topological polar surface area (TPSA) is 0 Å². The average molecular weight is 388 g/mol. The smallest absolute Gasteiger partial charge is 0 e. The molecule has 0 aliphatic heterocycles. The van der Waals surface area contributed by atoms with Gasteiger partial charge in [-0.25, -0.2) is 0 Å². The van der Waals surface area contributed by atoms with Crippen molar-refractivity contribution < 1.29 is 105 Å². The van der Waals surface area contributed by atoms with E-state index in [4.69, 9.17) is 0 Å². The van der Waals surface area contributed by atoms with Crippen molar-refractivity contribution in [3.63, 3.8) is 0 Å². The van der Waals surface area contributed by atoms with Gasteiger partial charge in [0.15, 0.2) is 0 Å². The summed E-state index contributed by atoms with van der Waals surface area (Å²) >= 11 is 0. The standard InChI is InChI=1S/2La.2Mn. The van der Waals surface area contributed by atoms with Crippen molar-refractivity contribution in [2.24, 2.45) is 0 Å². The van der Waals surface area contributed by atoms with Crippen molar-refractivity contribution in [3.05, 3.63) is 0 Å². The predicted molar refractivity (Wildman–Crippen MR) is 0 cm³/mol. The summed E-state index contributed by atoms with van der Waals surface area (Å²) < 4.78 is 0. The van der Waals surface area contributed by atoms with E-state index in [1.807, 2.05) is 0 Å². The van der Waals surface area contributed by atoms with E-state index in [-0.39, 0.29) is 105 Å². The van der Waals surface area contributed by atoms with Crippen LogP contribution in [0.15, 0.2) is 0 Å². The molecule has 4 heteroatoms. The minimum Gasteiger partial charge on any atom is 0 e. The van der Waals surface area contributed by atoms with Gasteiger partial charge in [-0.1, -0.05) is 0 Å². The van der Waals surface area contributed by atoms with Crippen LogP contribution in [-0.4, -0.2) is 0 Å². The Balaban J connectivity index is 0. The van der Waals surface area contributed by atoms with E-state index in [1.165, 1.54) is 0 Å². The Morgan fingerprint density at radius 3 is 0.500 bits per heavy atom. The Kier molecular flexibility index (Phi) is 105. The van der Waals surface area contributed by atoms with E-state index in [0.717, 1.165) is 0 Å². The molecule has 0 aromatic carbocycles. The molecule has 4 radical (unpaired) electrons. The van der Waals surface area contributed by atoms with Gasteiger partial charge in [0.2, 0.25) is 0 Å². The maximum absolute atomic E-state index is 0. The van der Waals surface area contributed by atoms with Gasteiger partial charge in [-0.05, 0) is 0 Å². The third-order valence-corrected chi connectivity index (χ3v) is 0. The minimum atomic E-state index is 0. The van der Waals surface area contributed by atoms with Crippen LogP contribution in [-0.2, 0) is 34.1 Å². The molecule has 0 saturated heterocycles. The molecule has 0 unspecified atom stereocenters. The summed E-state index contributed by atoms with van der Waals surface area (Å²) in [7, 11) is 0. The van der Waals surface area contributed by atoms with Crippen LogP contribution in [0.5, 0.6) is 0 Å². The Labute approximate surface area is 103 Å². The molecule has 0 aromatic heterocycles. The predicted octanol–water partition coefficient (Wildman–Crippen LogP) is -0.00500. The van der Waals surface area contributed by atoms with Gasteiger partial charge in [0.05, 0.1) is 0 Å². The van der Waals surface area contributed by atoms with E-state index >= 15 is 0 Å². The zero-order chi connectivity index (χ0) is 0. The first kappa shape index (κ1) is 26.1. The van der Waals surface area contributed by atoms with Gasteiger partial charge < -0.3 is 0 Å². The van der Waals surface area contributed by atoms with Crippen molar-refractivity contribution >= 4 is 0 Å². The fourth-order valence-electron chi connectivity index (χ4n) is 0. The maximum atomic E-state index is 0. The molecule has 0 bridgehead atoms. The molecule has 0 amide bonds. The Morgan fingerprint density at radius 2 is 0.500 bits per heavy atom. The third-order valence-electron chi connectivity index (χ3n) is 0. The van der Waals surface area contributed by atoms with E-state index in [2.05, 4.69) is 0 Å². The molecule has 0 aliphatic carbocycles. The van der Waals surface area contributed by atoms with E-state index < -0.39 is 0 Å². The molecule has 0 aromatic rings. The van der Waals surface area contributed by atoms with Crippen molar-refractivity contribution in [2.75, 3.05) is 0 Å². The van der Waals surface area contributed by atoms with Crippen molar-refractivity contribution in [3.8, 4) is 0 Å². The molecule has 0 fully saturated rings. The van der Waals surface area contributed by atoms with Gasteiger partial charge in [-0.2, -0.15) is 0 Å². The molecular formula is La2Mn2. The molecule has 0 saturated carbocycles. The van der Waals surface area contributed by atoms with Gasteiger partial charge >= 0.3 is 0 Å². The van der Waals surface area contributed by atoms with Gasteiger partial charge in [0, 0.05) is 105 Å². The van der Waals surface area contributed by atoms with Crippen LogP contribution >= 0.6 is 0 Å². The van der Waals surface area contributed by atoms with Crippen molar-refractivity contribution in [1.29, 1.82) is 0 Å². The first-order chi connectivity index (χ1) is 0. The molecule has 0 heterocycles. The first-order valence-corrected chi connectivity index (χ1v) is 0. The molecule has 0 rings (SSSR count). The zero-order valence-corrected chi connectivity index (χ0v) is 11.5. The van der Waals surface area contributed by atoms with Crippen LogP contribution in [0.2, 0.25) is 0 Å². The first-order valence-electron chi connectivity index (χ1n) is 0. The number of hydrogen-bond donors (Lipinski definition) is 0. The van der Waals surface area contributed by atoms with Crippen LogP contribution < -0.4 is 0 Å². The quantitative estimate of drug-likeness (QED) is 0.513. The maximum Gasteiger partial charge on any atom is 0 e. The second-order valence-electron chi connectivity index (χ2n) is 0. The molecule has 20 valence electrons. The monoisotopic (exact) mass is 388 g/mol. The molecule has 0 N–H and O–H groups in total. The van der Waals surface area contributed by atoms with Crippen molar-refractivity contribution in [2.45, 2.75) is 0 Å². The van der Waals surface area contributed by atoms with E-state index in [9.17, 15) is 0 Å². The van der Waals surface area contributed by atoms with Gasteiger partial charge in [-0.3, -0.25) is 0 Å². The van der Waals surface area contributed by atoms with Gasteiger partial charge in [-0.15, -0.1) is 0 Å². The summed E-state index contributed by atoms with van der Waals surface area (Å²) in [6.07, 6.45) is 0. The summed E-state index contributed by atoms with van der Waals surface area (Å²) in [6.45, 7) is 0. The summed E-state index contributed by atoms with van der Waals surface area (Å²) in [5.41, 5.74) is 0. The van der Waals surface area contributed by atoms with Crippen LogP contribution in [0.1, 0.15) is 0 Å². The molecule has 0 nitrogen and oxygen atoms in total. The number of rotatable bonds is 0. The van der Waals surface area contributed by atoms with Crippen LogP contribution in [0, 0.1) is 71.2 Å². The molecular weight excluding hydrogens is 388 g/mol. The summed E-state index contributed by atoms with van der Waals surface area (Å²) in [4.78, 5) is 0. The van der Waals surface area contributed by atoms with Crippen LogP contribution in [0.25, 0.3) is 0 Å². The Morgan fingerprint density at radius 1 is 0.500 bits per heavy atom. The molecule has 0 atom stereocenters. The summed E-state index contributed by atoms with van der Waals surface area (Å²) in [5, 5.41) is 0. The SMILES string of the molecule is [La].[La].[Mn].[Mn]. The van der Waals surface area contributed by atoms with Crippen LogP contribution in [0.3, 0.4) is 0 Å². The van der Waals surface area contributed by atoms with E-state index in [0.29, 0.717) is 0 Å². The number of hydrogen-bond acceptors (Lipinski definition) is 0. The molecule has 4 heavy (non-hydrogen) atoms. The second kappa shape index (κ2) is 16.1. The second-order valence-corrected chi connectivity index (χ2v) is 0. The molecule has 0 aliphatic rings. The Hall–Kier alpha value is 3.43. The fourth-order valence-corrected chi connectivity index (χ4v) is 0. The third kappa shape index (κ3) is 9.06. The summed E-state index contributed by atoms with van der Waals surface area (Å²) in [5.74, 6) is 0. The largest absolute Gasteiger partial charge is 0 e. The van der Waals surface area contributed by atoms with E-state index in [1.54, 1.807) is 0 Å². The fraction of sp³-hybridized carbons (Fsp3) is 0. The minimum absolute atomic E-state index is 0. The van der Waals surface area contributed by atoms with Crippen molar-refractivity contribution in [1.82, 2.24) is 0 Å². The summed E-state index contributed by atoms with van der Waals surface area (Å²) in [6, 6.07) is 0. The average Bonchev–Trinajstić information content (AvgIpc) is 0.